The van der Waals surface area contributed by atoms with Gasteiger partial charge in [0.25, 0.3) is 0 Å². The fourth-order valence-electron chi connectivity index (χ4n) is 2.42. The monoisotopic (exact) mass is 393 g/mol. The zero-order valence-electron chi connectivity index (χ0n) is 11.5. The SMILES string of the molecule is O=C(O)[C@@H]1CN(S(=O)(=O)c2c(Cl)ccc(F)c2F)C[C@H]1C(F)(F)F. The van der Waals surface area contributed by atoms with Crippen molar-refractivity contribution in [3.63, 3.8) is 0 Å². The largest absolute Gasteiger partial charge is 0.481 e. The van der Waals surface area contributed by atoms with Crippen LogP contribution in [-0.4, -0.2) is 43.1 Å². The lowest BCUT2D eigenvalue weighted by Gasteiger charge is -2.19. The van der Waals surface area contributed by atoms with Crippen molar-refractivity contribution in [3.8, 4) is 0 Å². The van der Waals surface area contributed by atoms with Gasteiger partial charge in [-0.15, -0.1) is 0 Å². The van der Waals surface area contributed by atoms with Gasteiger partial charge in [0, 0.05) is 13.1 Å². The Balaban J connectivity index is 2.49. The number of benzene rings is 1. The summed E-state index contributed by atoms with van der Waals surface area (Å²) in [7, 11) is -4.96. The quantitative estimate of drug-likeness (QED) is 0.632. The maximum absolute atomic E-state index is 13.8. The molecule has 0 unspecified atom stereocenters. The van der Waals surface area contributed by atoms with Crippen molar-refractivity contribution < 1.29 is 40.3 Å². The second-order valence-corrected chi connectivity index (χ2v) is 7.37. The maximum Gasteiger partial charge on any atom is 0.393 e. The van der Waals surface area contributed by atoms with Crippen LogP contribution >= 0.6 is 11.6 Å². The van der Waals surface area contributed by atoms with Gasteiger partial charge in [-0.2, -0.15) is 17.5 Å². The molecule has 2 rings (SSSR count). The molecule has 0 radical (unpaired) electrons. The molecule has 5 nitrogen and oxygen atoms in total. The van der Waals surface area contributed by atoms with Crippen molar-refractivity contribution >= 4 is 27.6 Å². The zero-order valence-corrected chi connectivity index (χ0v) is 13.1. The van der Waals surface area contributed by atoms with E-state index in [-0.39, 0.29) is 4.31 Å². The molecule has 2 atom stereocenters. The molecule has 0 spiro atoms. The number of alkyl halides is 3. The number of nitrogens with zero attached hydrogens (tertiary/aromatic N) is 1. The average molecular weight is 394 g/mol. The van der Waals surface area contributed by atoms with Gasteiger partial charge in [0.15, 0.2) is 11.6 Å². The number of carboxylic acid groups (broad SMARTS) is 1. The summed E-state index contributed by atoms with van der Waals surface area (Å²) in [6.07, 6.45) is -4.97. The maximum atomic E-state index is 13.8. The molecular weight excluding hydrogens is 385 g/mol. The molecule has 0 aromatic heterocycles. The van der Waals surface area contributed by atoms with Gasteiger partial charge in [0.2, 0.25) is 10.0 Å². The predicted molar refractivity (Wildman–Crippen MR) is 70.8 cm³/mol. The molecule has 1 saturated heterocycles. The first-order valence-electron chi connectivity index (χ1n) is 6.30. The third kappa shape index (κ3) is 3.20. The Morgan fingerprint density at radius 1 is 1.25 bits per heavy atom. The Bertz CT molecular complexity index is 782. The van der Waals surface area contributed by atoms with Crippen LogP contribution in [0.4, 0.5) is 22.0 Å². The fourth-order valence-corrected chi connectivity index (χ4v) is 4.47. The lowest BCUT2D eigenvalue weighted by molar-refractivity contribution is -0.187. The van der Waals surface area contributed by atoms with E-state index in [1.54, 1.807) is 0 Å². The summed E-state index contributed by atoms with van der Waals surface area (Å²) < 4.78 is 90.6. The van der Waals surface area contributed by atoms with Crippen LogP contribution in [-0.2, 0) is 14.8 Å². The smallest absolute Gasteiger partial charge is 0.393 e. The molecule has 1 aromatic rings. The first kappa shape index (κ1) is 18.9. The highest BCUT2D eigenvalue weighted by Gasteiger charge is 2.55. The second kappa shape index (κ2) is 6.12. The Labute approximate surface area is 137 Å². The second-order valence-electron chi connectivity index (χ2n) is 5.09. The highest BCUT2D eigenvalue weighted by Crippen LogP contribution is 2.40. The number of carbonyl (C=O) groups is 1. The van der Waals surface area contributed by atoms with Crippen LogP contribution in [0.25, 0.3) is 0 Å². The number of aliphatic carboxylic acids is 1. The molecule has 1 N–H and O–H groups in total. The van der Waals surface area contributed by atoms with Crippen LogP contribution in [0.15, 0.2) is 17.0 Å². The molecule has 1 aliphatic heterocycles. The van der Waals surface area contributed by atoms with E-state index in [4.69, 9.17) is 16.7 Å². The molecule has 0 amide bonds. The van der Waals surface area contributed by atoms with Gasteiger partial charge in [-0.1, -0.05) is 11.6 Å². The average Bonchev–Trinajstić information content (AvgIpc) is 2.89. The number of hydrogen-bond acceptors (Lipinski definition) is 3. The molecule has 0 aliphatic carbocycles. The highest BCUT2D eigenvalue weighted by atomic mass is 35.5. The Morgan fingerprint density at radius 2 is 1.83 bits per heavy atom. The number of rotatable bonds is 3. The lowest BCUT2D eigenvalue weighted by Crippen LogP contribution is -2.34. The molecule has 1 heterocycles. The minimum Gasteiger partial charge on any atom is -0.481 e. The van der Waals surface area contributed by atoms with Crippen molar-refractivity contribution in [2.45, 2.75) is 11.1 Å². The van der Waals surface area contributed by atoms with Gasteiger partial charge in [0.05, 0.1) is 16.9 Å². The van der Waals surface area contributed by atoms with E-state index in [0.29, 0.717) is 6.07 Å². The van der Waals surface area contributed by atoms with Crippen LogP contribution in [0.5, 0.6) is 0 Å². The van der Waals surface area contributed by atoms with Crippen LogP contribution in [0.3, 0.4) is 0 Å². The van der Waals surface area contributed by atoms with E-state index in [1.807, 2.05) is 0 Å². The number of halogens is 6. The summed E-state index contributed by atoms with van der Waals surface area (Å²) in [6, 6.07) is 1.29. The van der Waals surface area contributed by atoms with Crippen LogP contribution < -0.4 is 0 Å². The molecule has 134 valence electrons. The fraction of sp³-hybridized carbons (Fsp3) is 0.417. The van der Waals surface area contributed by atoms with Crippen molar-refractivity contribution in [3.05, 3.63) is 28.8 Å². The van der Waals surface area contributed by atoms with Crippen LogP contribution in [0.1, 0.15) is 0 Å². The molecule has 0 bridgehead atoms. The van der Waals surface area contributed by atoms with Gasteiger partial charge >= 0.3 is 12.1 Å². The summed E-state index contributed by atoms with van der Waals surface area (Å²) in [6.45, 7) is -2.26. The summed E-state index contributed by atoms with van der Waals surface area (Å²) in [4.78, 5) is 9.65. The summed E-state index contributed by atoms with van der Waals surface area (Å²) in [5, 5.41) is 8.15. The van der Waals surface area contributed by atoms with Gasteiger partial charge in [-0.3, -0.25) is 4.79 Å². The molecule has 12 heteroatoms. The Morgan fingerprint density at radius 3 is 2.29 bits per heavy atom. The predicted octanol–water partition coefficient (Wildman–Crippen LogP) is 2.50. The standard InChI is InChI=1S/C12H9ClF5NO4S/c13-7-1-2-8(14)9(15)10(7)24(22,23)19-3-5(11(20)21)6(4-19)12(16,17)18/h1-2,5-6H,3-4H2,(H,20,21)/t5-,6-/m1/s1. The Hall–Kier alpha value is -1.46. The van der Waals surface area contributed by atoms with E-state index >= 15 is 0 Å². The van der Waals surface area contributed by atoms with E-state index < -0.39 is 68.6 Å². The van der Waals surface area contributed by atoms with Crippen LogP contribution in [0.2, 0.25) is 5.02 Å². The molecular formula is C12H9ClF5NO4S. The minimum atomic E-state index is -4.97. The van der Waals surface area contributed by atoms with E-state index in [0.717, 1.165) is 6.07 Å². The summed E-state index contributed by atoms with van der Waals surface area (Å²) >= 11 is 5.54. The minimum absolute atomic E-state index is 0.147. The van der Waals surface area contributed by atoms with Crippen molar-refractivity contribution in [2.75, 3.05) is 13.1 Å². The zero-order chi connectivity index (χ0) is 18.4. The van der Waals surface area contributed by atoms with Crippen LogP contribution in [0, 0.1) is 23.5 Å². The van der Waals surface area contributed by atoms with E-state index in [1.165, 1.54) is 0 Å². The number of carboxylic acids is 1. The van der Waals surface area contributed by atoms with Gasteiger partial charge in [0.1, 0.15) is 4.90 Å². The summed E-state index contributed by atoms with van der Waals surface area (Å²) in [5.74, 6) is -9.78. The van der Waals surface area contributed by atoms with Crippen molar-refractivity contribution in [2.24, 2.45) is 11.8 Å². The summed E-state index contributed by atoms with van der Waals surface area (Å²) in [5.41, 5.74) is 0. The third-order valence-electron chi connectivity index (χ3n) is 3.62. The molecule has 1 aromatic carbocycles. The normalized spacial score (nSPS) is 22.8. The molecule has 1 fully saturated rings. The number of hydrogen-bond donors (Lipinski definition) is 1. The van der Waals surface area contributed by atoms with Crippen molar-refractivity contribution in [1.82, 2.24) is 4.31 Å². The Kier molecular flexibility index (Phi) is 4.81. The van der Waals surface area contributed by atoms with Gasteiger partial charge in [-0.25, -0.2) is 17.2 Å². The third-order valence-corrected chi connectivity index (χ3v) is 5.94. The molecule has 1 aliphatic rings. The van der Waals surface area contributed by atoms with Gasteiger partial charge in [-0.05, 0) is 12.1 Å². The topological polar surface area (TPSA) is 74.7 Å². The first-order chi connectivity index (χ1) is 10.9. The van der Waals surface area contributed by atoms with Crippen molar-refractivity contribution in [1.29, 1.82) is 0 Å². The van der Waals surface area contributed by atoms with E-state index in [9.17, 15) is 35.2 Å². The van der Waals surface area contributed by atoms with Gasteiger partial charge < -0.3 is 5.11 Å². The molecule has 24 heavy (non-hydrogen) atoms. The molecule has 0 saturated carbocycles. The number of sulfonamides is 1. The lowest BCUT2D eigenvalue weighted by atomic mass is 9.96. The first-order valence-corrected chi connectivity index (χ1v) is 8.12. The van der Waals surface area contributed by atoms with E-state index in [2.05, 4.69) is 0 Å². The highest BCUT2D eigenvalue weighted by molar-refractivity contribution is 7.89.